The summed E-state index contributed by atoms with van der Waals surface area (Å²) in [5.74, 6) is -24.7. The van der Waals surface area contributed by atoms with Crippen molar-refractivity contribution in [1.29, 1.82) is 0 Å². The van der Waals surface area contributed by atoms with Crippen LogP contribution in [0.5, 0.6) is 0 Å². The molecule has 20 heavy (non-hydrogen) atoms. The first-order valence-corrected chi connectivity index (χ1v) is 4.95. The van der Waals surface area contributed by atoms with Gasteiger partial charge in [-0.25, -0.2) is 4.98 Å². The van der Waals surface area contributed by atoms with E-state index in [1.54, 1.807) is 0 Å². The van der Waals surface area contributed by atoms with Crippen molar-refractivity contribution in [2.45, 2.75) is 23.7 Å². The van der Waals surface area contributed by atoms with Crippen molar-refractivity contribution < 1.29 is 35.1 Å². The first kappa shape index (κ1) is 14.7. The summed E-state index contributed by atoms with van der Waals surface area (Å²) in [5, 5.41) is 3.15. The number of rotatable bonds is 1. The zero-order chi connectivity index (χ0) is 15.6. The van der Waals surface area contributed by atoms with Crippen LogP contribution in [0.1, 0.15) is 5.82 Å². The molecule has 2 rings (SSSR count). The number of hydrogen-bond acceptors (Lipinski definition) is 2. The number of nitrogens with zero attached hydrogens (tertiary/aromatic N) is 3. The molecule has 0 aromatic carbocycles. The van der Waals surface area contributed by atoms with E-state index in [0.29, 0.717) is 0 Å². The number of aryl methyl sites for hydroxylation is 1. The third-order valence-corrected chi connectivity index (χ3v) is 2.71. The lowest BCUT2D eigenvalue weighted by atomic mass is 9.85. The quantitative estimate of drug-likeness (QED) is 0.747. The molecular formula is C9H5F8N3. The minimum atomic E-state index is -6.28. The van der Waals surface area contributed by atoms with Gasteiger partial charge in [0.15, 0.2) is 5.82 Å². The lowest BCUT2D eigenvalue weighted by Gasteiger charge is -2.40. The number of halogens is 8. The van der Waals surface area contributed by atoms with E-state index < -0.39 is 41.2 Å². The molecule has 11 heteroatoms. The van der Waals surface area contributed by atoms with Gasteiger partial charge in [-0.05, 0) is 0 Å². The van der Waals surface area contributed by atoms with Crippen LogP contribution in [0.15, 0.2) is 12.4 Å². The monoisotopic (exact) mass is 307 g/mol. The lowest BCUT2D eigenvalue weighted by Crippen LogP contribution is -2.65. The number of alkyl halides is 8. The number of hydrogen-bond donors (Lipinski definition) is 0. The van der Waals surface area contributed by atoms with E-state index in [1.165, 1.54) is 0 Å². The maximum absolute atomic E-state index is 13.5. The Morgan fingerprint density at radius 1 is 0.950 bits per heavy atom. The maximum Gasteiger partial charge on any atom is 0.383 e. The van der Waals surface area contributed by atoms with Gasteiger partial charge in [-0.15, -0.1) is 0 Å². The van der Waals surface area contributed by atoms with Gasteiger partial charge in [-0.3, -0.25) is 4.68 Å². The predicted molar refractivity (Wildman–Crippen MR) is 48.8 cm³/mol. The molecule has 1 aromatic rings. The van der Waals surface area contributed by atoms with Crippen molar-refractivity contribution in [1.82, 2.24) is 14.8 Å². The Morgan fingerprint density at radius 3 is 1.95 bits per heavy atom. The highest BCUT2D eigenvalue weighted by molar-refractivity contribution is 5.70. The van der Waals surface area contributed by atoms with E-state index in [2.05, 4.69) is 10.1 Å². The van der Waals surface area contributed by atoms with Crippen LogP contribution < -0.4 is 0 Å². The summed E-state index contributed by atoms with van der Waals surface area (Å²) in [7, 11) is 1.16. The maximum atomic E-state index is 13.5. The minimum Gasteiger partial charge on any atom is -0.255 e. The Kier molecular flexibility index (Phi) is 2.72. The van der Waals surface area contributed by atoms with Crippen molar-refractivity contribution in [2.75, 3.05) is 0 Å². The molecule has 0 saturated carbocycles. The summed E-state index contributed by atoms with van der Waals surface area (Å²) in [4.78, 5) is 3.11. The molecular weight excluding hydrogens is 302 g/mol. The molecule has 0 spiro atoms. The summed E-state index contributed by atoms with van der Waals surface area (Å²) in [6.07, 6.45) is -0.144. The summed E-state index contributed by atoms with van der Waals surface area (Å²) in [6, 6.07) is 0. The molecule has 0 aliphatic heterocycles. The molecule has 3 nitrogen and oxygen atoms in total. The van der Waals surface area contributed by atoms with E-state index in [-0.39, 0.29) is 0 Å². The number of aromatic nitrogens is 3. The van der Waals surface area contributed by atoms with Gasteiger partial charge in [0.05, 0.1) is 5.57 Å². The Balaban J connectivity index is 2.72. The van der Waals surface area contributed by atoms with E-state index in [4.69, 9.17) is 0 Å². The van der Waals surface area contributed by atoms with Gasteiger partial charge in [-0.2, -0.15) is 40.2 Å². The van der Waals surface area contributed by atoms with Crippen LogP contribution in [0.3, 0.4) is 0 Å². The average Bonchev–Trinajstić information content (AvgIpc) is 2.70. The highest BCUT2D eigenvalue weighted by Gasteiger charge is 2.84. The van der Waals surface area contributed by atoms with E-state index in [1.807, 2.05) is 0 Å². The highest BCUT2D eigenvalue weighted by atomic mass is 19.4. The van der Waals surface area contributed by atoms with Crippen LogP contribution in [0.4, 0.5) is 35.1 Å². The van der Waals surface area contributed by atoms with Gasteiger partial charge in [-0.1, -0.05) is 0 Å². The molecule has 1 aliphatic carbocycles. The first-order valence-electron chi connectivity index (χ1n) is 4.95. The van der Waals surface area contributed by atoms with Crippen LogP contribution in [-0.4, -0.2) is 38.5 Å². The number of allylic oxidation sites excluding steroid dienone is 2. The van der Waals surface area contributed by atoms with E-state index in [0.717, 1.165) is 18.1 Å². The molecule has 0 N–H and O–H groups in total. The van der Waals surface area contributed by atoms with Crippen molar-refractivity contribution >= 4 is 5.57 Å². The summed E-state index contributed by atoms with van der Waals surface area (Å²) in [6.45, 7) is 0. The van der Waals surface area contributed by atoms with Gasteiger partial charge >= 0.3 is 23.7 Å². The van der Waals surface area contributed by atoms with Crippen molar-refractivity contribution in [3.8, 4) is 0 Å². The first-order chi connectivity index (χ1) is 8.84. The van der Waals surface area contributed by atoms with Gasteiger partial charge in [0.1, 0.15) is 6.33 Å². The molecule has 0 atom stereocenters. The zero-order valence-electron chi connectivity index (χ0n) is 9.52. The fraction of sp³-hybridized carbons (Fsp3) is 0.556. The topological polar surface area (TPSA) is 30.7 Å². The minimum absolute atomic E-state index is 0.773. The fourth-order valence-corrected chi connectivity index (χ4v) is 1.61. The second kappa shape index (κ2) is 3.70. The molecule has 0 unspecified atom stereocenters. The molecule has 1 heterocycles. The molecule has 0 bridgehead atoms. The second-order valence-corrected chi connectivity index (χ2v) is 4.15. The van der Waals surface area contributed by atoms with E-state index in [9.17, 15) is 35.1 Å². The van der Waals surface area contributed by atoms with Crippen LogP contribution in [0.2, 0.25) is 0 Å². The van der Waals surface area contributed by atoms with Crippen molar-refractivity contribution in [3.05, 3.63) is 18.2 Å². The fourth-order valence-electron chi connectivity index (χ4n) is 1.61. The molecule has 1 aromatic heterocycles. The summed E-state index contributed by atoms with van der Waals surface area (Å²) >= 11 is 0. The SMILES string of the molecule is Cn1cnc(C2=CC(F)(F)C(F)(F)C(F)(F)C2(F)F)n1. The molecule has 0 fully saturated rings. The smallest absolute Gasteiger partial charge is 0.255 e. The van der Waals surface area contributed by atoms with Crippen LogP contribution >= 0.6 is 0 Å². The van der Waals surface area contributed by atoms with Crippen molar-refractivity contribution in [2.24, 2.45) is 7.05 Å². The van der Waals surface area contributed by atoms with Crippen LogP contribution in [0.25, 0.3) is 5.57 Å². The molecule has 0 saturated heterocycles. The summed E-state index contributed by atoms with van der Waals surface area (Å²) in [5.41, 5.74) is -2.04. The zero-order valence-corrected chi connectivity index (χ0v) is 9.52. The highest BCUT2D eigenvalue weighted by Crippen LogP contribution is 2.60. The van der Waals surface area contributed by atoms with Gasteiger partial charge in [0, 0.05) is 13.1 Å². The second-order valence-electron chi connectivity index (χ2n) is 4.15. The van der Waals surface area contributed by atoms with Gasteiger partial charge in [0.2, 0.25) is 0 Å². The molecule has 112 valence electrons. The third-order valence-electron chi connectivity index (χ3n) is 2.71. The van der Waals surface area contributed by atoms with E-state index >= 15 is 0 Å². The van der Waals surface area contributed by atoms with Crippen LogP contribution in [-0.2, 0) is 7.05 Å². The van der Waals surface area contributed by atoms with Crippen molar-refractivity contribution in [3.63, 3.8) is 0 Å². The Labute approximate surface area is 105 Å². The molecule has 0 radical (unpaired) electrons. The molecule has 0 amide bonds. The van der Waals surface area contributed by atoms with Gasteiger partial charge < -0.3 is 0 Å². The predicted octanol–water partition coefficient (Wildman–Crippen LogP) is 2.75. The standard InChI is InChI=1S/C9H5F8N3/c1-20-3-18-5(19-20)4-2-6(10,11)8(14,15)9(16,17)7(4,12)13/h2-3H,1H3. The Morgan fingerprint density at radius 2 is 1.50 bits per heavy atom. The van der Waals surface area contributed by atoms with Crippen LogP contribution in [0, 0.1) is 0 Å². The van der Waals surface area contributed by atoms with Gasteiger partial charge in [0.25, 0.3) is 0 Å². The third kappa shape index (κ3) is 1.57. The average molecular weight is 307 g/mol. The lowest BCUT2D eigenvalue weighted by molar-refractivity contribution is -0.348. The Bertz CT molecular complexity index is 574. The normalized spacial score (nSPS) is 26.1. The Hall–Kier alpha value is -1.68. The largest absolute Gasteiger partial charge is 0.383 e. The summed E-state index contributed by atoms with van der Waals surface area (Å²) < 4.78 is 106. The molecule has 1 aliphatic rings.